The Morgan fingerprint density at radius 2 is 1.81 bits per heavy atom. The SMILES string of the molecule is N#Cc1ccc(NC(=O)NC2CCN(C(=O)O)C(C(=O)Nc3ccccc3N)C2)cc1. The van der Waals surface area contributed by atoms with E-state index in [1.165, 1.54) is 0 Å². The summed E-state index contributed by atoms with van der Waals surface area (Å²) in [5.41, 5.74) is 7.59. The van der Waals surface area contributed by atoms with Gasteiger partial charge in [0.25, 0.3) is 0 Å². The van der Waals surface area contributed by atoms with E-state index in [0.717, 1.165) is 4.90 Å². The van der Waals surface area contributed by atoms with Gasteiger partial charge in [0.2, 0.25) is 5.91 Å². The Hall–Kier alpha value is -4.26. The normalized spacial score (nSPS) is 17.8. The zero-order valence-electron chi connectivity index (χ0n) is 16.5. The van der Waals surface area contributed by atoms with Gasteiger partial charge in [0, 0.05) is 18.3 Å². The average Bonchev–Trinajstić information content (AvgIpc) is 2.75. The number of nitrogens with one attached hydrogen (secondary N) is 3. The lowest BCUT2D eigenvalue weighted by Gasteiger charge is -2.37. The highest BCUT2D eigenvalue weighted by atomic mass is 16.4. The monoisotopic (exact) mass is 422 g/mol. The molecule has 1 aliphatic heterocycles. The first kappa shape index (κ1) is 21.4. The first-order valence-corrected chi connectivity index (χ1v) is 9.60. The van der Waals surface area contributed by atoms with E-state index >= 15 is 0 Å². The molecule has 1 saturated heterocycles. The van der Waals surface area contributed by atoms with E-state index < -0.39 is 30.1 Å². The predicted molar refractivity (Wildman–Crippen MR) is 114 cm³/mol. The summed E-state index contributed by atoms with van der Waals surface area (Å²) >= 11 is 0. The molecule has 2 aromatic carbocycles. The van der Waals surface area contributed by atoms with Gasteiger partial charge in [-0.15, -0.1) is 0 Å². The van der Waals surface area contributed by atoms with Crippen molar-refractivity contribution >= 4 is 35.1 Å². The predicted octanol–water partition coefficient (Wildman–Crippen LogP) is 2.41. The molecule has 0 radical (unpaired) electrons. The van der Waals surface area contributed by atoms with Gasteiger partial charge in [-0.2, -0.15) is 5.26 Å². The fraction of sp³-hybridized carbons (Fsp3) is 0.238. The van der Waals surface area contributed by atoms with Crippen LogP contribution >= 0.6 is 0 Å². The van der Waals surface area contributed by atoms with Gasteiger partial charge in [-0.25, -0.2) is 9.59 Å². The zero-order chi connectivity index (χ0) is 22.4. The number of benzene rings is 2. The molecule has 6 N–H and O–H groups in total. The Morgan fingerprint density at radius 3 is 2.45 bits per heavy atom. The number of para-hydroxylation sites is 2. The molecule has 1 aliphatic rings. The second-order valence-corrected chi connectivity index (χ2v) is 7.08. The number of carbonyl (C=O) groups is 3. The van der Waals surface area contributed by atoms with Crippen molar-refractivity contribution in [2.24, 2.45) is 0 Å². The number of rotatable bonds is 4. The summed E-state index contributed by atoms with van der Waals surface area (Å²) in [4.78, 5) is 37.8. The maximum atomic E-state index is 12.8. The fourth-order valence-electron chi connectivity index (χ4n) is 3.38. The van der Waals surface area contributed by atoms with Crippen LogP contribution in [0.1, 0.15) is 18.4 Å². The summed E-state index contributed by atoms with van der Waals surface area (Å²) in [6, 6.07) is 13.2. The highest BCUT2D eigenvalue weighted by molar-refractivity contribution is 5.99. The number of hydrogen-bond donors (Lipinski definition) is 5. The number of nitriles is 1. The van der Waals surface area contributed by atoms with Crippen LogP contribution < -0.4 is 21.7 Å². The molecule has 0 aliphatic carbocycles. The number of nitrogen functional groups attached to an aromatic ring is 1. The summed E-state index contributed by atoms with van der Waals surface area (Å²) in [5, 5.41) is 26.4. The molecule has 0 spiro atoms. The van der Waals surface area contributed by atoms with E-state index in [1.807, 2.05) is 6.07 Å². The first-order valence-electron chi connectivity index (χ1n) is 9.60. The number of piperidine rings is 1. The van der Waals surface area contributed by atoms with Crippen molar-refractivity contribution in [3.8, 4) is 6.07 Å². The smallest absolute Gasteiger partial charge is 0.407 e. The van der Waals surface area contributed by atoms with Crippen LogP contribution in [0.3, 0.4) is 0 Å². The molecule has 4 amide bonds. The number of urea groups is 1. The number of nitrogens with zero attached hydrogens (tertiary/aromatic N) is 2. The number of nitrogens with two attached hydrogens (primary N) is 1. The first-order chi connectivity index (χ1) is 14.9. The van der Waals surface area contributed by atoms with Gasteiger partial charge < -0.3 is 26.8 Å². The van der Waals surface area contributed by atoms with E-state index in [-0.39, 0.29) is 13.0 Å². The van der Waals surface area contributed by atoms with Crippen LogP contribution in [0, 0.1) is 11.3 Å². The van der Waals surface area contributed by atoms with Crippen molar-refractivity contribution in [2.45, 2.75) is 24.9 Å². The van der Waals surface area contributed by atoms with Crippen LogP contribution in [0.15, 0.2) is 48.5 Å². The van der Waals surface area contributed by atoms with Crippen molar-refractivity contribution in [1.82, 2.24) is 10.2 Å². The van der Waals surface area contributed by atoms with E-state index in [0.29, 0.717) is 29.0 Å². The molecule has 2 atom stereocenters. The van der Waals surface area contributed by atoms with Crippen molar-refractivity contribution in [3.05, 3.63) is 54.1 Å². The highest BCUT2D eigenvalue weighted by Crippen LogP contribution is 2.22. The van der Waals surface area contributed by atoms with Gasteiger partial charge >= 0.3 is 12.1 Å². The topological polar surface area (TPSA) is 161 Å². The third kappa shape index (κ3) is 5.42. The standard InChI is InChI=1S/C21H22N6O4/c22-12-13-5-7-14(8-6-13)24-20(29)25-15-9-10-27(21(30)31)18(11-15)19(28)26-17-4-2-1-3-16(17)23/h1-8,15,18H,9-11,23H2,(H,26,28)(H,30,31)(H2,24,25,29). The van der Waals surface area contributed by atoms with Crippen LogP contribution in [0.5, 0.6) is 0 Å². The summed E-state index contributed by atoms with van der Waals surface area (Å²) in [6.07, 6.45) is -0.725. The summed E-state index contributed by atoms with van der Waals surface area (Å²) < 4.78 is 0. The summed E-state index contributed by atoms with van der Waals surface area (Å²) in [6.45, 7) is 0.0967. The molecule has 2 unspecified atom stereocenters. The van der Waals surface area contributed by atoms with Gasteiger partial charge in [0.05, 0.1) is 23.0 Å². The molecule has 31 heavy (non-hydrogen) atoms. The lowest BCUT2D eigenvalue weighted by atomic mass is 9.96. The molecule has 0 saturated carbocycles. The second kappa shape index (κ2) is 9.49. The lowest BCUT2D eigenvalue weighted by molar-refractivity contribution is -0.122. The van der Waals surface area contributed by atoms with E-state index in [9.17, 15) is 19.5 Å². The third-order valence-electron chi connectivity index (χ3n) is 4.98. The zero-order valence-corrected chi connectivity index (χ0v) is 16.5. The summed E-state index contributed by atoms with van der Waals surface area (Å²) in [5.74, 6) is -0.515. The third-order valence-corrected chi connectivity index (χ3v) is 4.98. The van der Waals surface area contributed by atoms with Gasteiger partial charge in [0.1, 0.15) is 6.04 Å². The van der Waals surface area contributed by atoms with Gasteiger partial charge in [-0.3, -0.25) is 9.69 Å². The molecule has 2 aromatic rings. The molecular formula is C21H22N6O4. The van der Waals surface area contributed by atoms with Crippen LogP contribution in [0.25, 0.3) is 0 Å². The van der Waals surface area contributed by atoms with Gasteiger partial charge in [-0.05, 0) is 49.2 Å². The minimum atomic E-state index is -1.21. The Morgan fingerprint density at radius 1 is 1.10 bits per heavy atom. The maximum absolute atomic E-state index is 12.8. The van der Waals surface area contributed by atoms with Crippen LogP contribution in [0.2, 0.25) is 0 Å². The van der Waals surface area contributed by atoms with Crippen molar-refractivity contribution in [1.29, 1.82) is 5.26 Å². The van der Waals surface area contributed by atoms with Crippen molar-refractivity contribution in [2.75, 3.05) is 22.9 Å². The molecule has 10 heteroatoms. The Balaban J connectivity index is 1.64. The molecule has 0 bridgehead atoms. The largest absolute Gasteiger partial charge is 0.465 e. The average molecular weight is 422 g/mol. The van der Waals surface area contributed by atoms with Crippen molar-refractivity contribution < 1.29 is 19.5 Å². The Labute approximate surface area is 178 Å². The minimum Gasteiger partial charge on any atom is -0.465 e. The number of carboxylic acid groups (broad SMARTS) is 1. The van der Waals surface area contributed by atoms with Crippen LogP contribution in [0.4, 0.5) is 26.7 Å². The number of carbonyl (C=O) groups excluding carboxylic acids is 2. The van der Waals surface area contributed by atoms with E-state index in [1.54, 1.807) is 48.5 Å². The second-order valence-electron chi connectivity index (χ2n) is 7.08. The quantitative estimate of drug-likeness (QED) is 0.476. The molecular weight excluding hydrogens is 400 g/mol. The Kier molecular flexibility index (Phi) is 6.57. The number of hydrogen-bond acceptors (Lipinski definition) is 5. The van der Waals surface area contributed by atoms with Gasteiger partial charge in [0.15, 0.2) is 0 Å². The molecule has 3 rings (SSSR count). The molecule has 1 heterocycles. The van der Waals surface area contributed by atoms with Crippen LogP contribution in [-0.4, -0.2) is 46.7 Å². The molecule has 1 fully saturated rings. The summed E-state index contributed by atoms with van der Waals surface area (Å²) in [7, 11) is 0. The molecule has 160 valence electrons. The molecule has 10 nitrogen and oxygen atoms in total. The van der Waals surface area contributed by atoms with Gasteiger partial charge in [-0.1, -0.05) is 12.1 Å². The number of likely N-dealkylation sites (tertiary alicyclic amines) is 1. The Bertz CT molecular complexity index is 1020. The maximum Gasteiger partial charge on any atom is 0.407 e. The van der Waals surface area contributed by atoms with E-state index in [2.05, 4.69) is 16.0 Å². The lowest BCUT2D eigenvalue weighted by Crippen LogP contribution is -2.56. The van der Waals surface area contributed by atoms with E-state index in [4.69, 9.17) is 11.0 Å². The number of anilines is 3. The van der Waals surface area contributed by atoms with Crippen LogP contribution in [-0.2, 0) is 4.79 Å². The molecule has 0 aromatic heterocycles. The number of amides is 4. The van der Waals surface area contributed by atoms with Crippen molar-refractivity contribution in [3.63, 3.8) is 0 Å². The fourth-order valence-corrected chi connectivity index (χ4v) is 3.38. The highest BCUT2D eigenvalue weighted by Gasteiger charge is 2.37. The minimum absolute atomic E-state index is 0.0967.